The molecule has 1 aliphatic rings. The second-order valence-electron chi connectivity index (χ2n) is 5.45. The van der Waals surface area contributed by atoms with Gasteiger partial charge in [0.1, 0.15) is 18.0 Å². The van der Waals surface area contributed by atoms with Gasteiger partial charge in [0.25, 0.3) is 0 Å². The van der Waals surface area contributed by atoms with Crippen LogP contribution in [0, 0.1) is 0 Å². The van der Waals surface area contributed by atoms with Crippen LogP contribution in [0.5, 0.6) is 0 Å². The highest BCUT2D eigenvalue weighted by Gasteiger charge is 2.16. The molecule has 23 heavy (non-hydrogen) atoms. The van der Waals surface area contributed by atoms with Crippen LogP contribution in [0.2, 0.25) is 5.28 Å². The highest BCUT2D eigenvalue weighted by atomic mass is 35.5. The lowest BCUT2D eigenvalue weighted by atomic mass is 10.2. The van der Waals surface area contributed by atoms with Crippen molar-refractivity contribution >= 4 is 34.4 Å². The number of carboxylic acid groups (broad SMARTS) is 1. The molecule has 0 spiro atoms. The molecule has 0 radical (unpaired) electrons. The van der Waals surface area contributed by atoms with Crippen molar-refractivity contribution in [2.45, 2.75) is 13.0 Å². The first-order chi connectivity index (χ1) is 11.0. The van der Waals surface area contributed by atoms with Gasteiger partial charge in [-0.25, -0.2) is 0 Å². The number of hydrogen-bond acceptors (Lipinski definition) is 5. The molecule has 3 heterocycles. The van der Waals surface area contributed by atoms with Crippen LogP contribution in [-0.2, 0) is 16.1 Å². The summed E-state index contributed by atoms with van der Waals surface area (Å²) >= 11 is 6.03. The number of nitrogens with zero attached hydrogens (tertiary/aromatic N) is 4. The van der Waals surface area contributed by atoms with Crippen LogP contribution in [0.25, 0.3) is 11.0 Å². The van der Waals surface area contributed by atoms with Crippen molar-refractivity contribution in [3.05, 3.63) is 29.2 Å². The lowest BCUT2D eigenvalue weighted by molar-refractivity contribution is -0.137. The molecule has 0 fully saturated rings. The van der Waals surface area contributed by atoms with Crippen molar-refractivity contribution in [1.82, 2.24) is 14.5 Å². The van der Waals surface area contributed by atoms with Gasteiger partial charge in [0.15, 0.2) is 0 Å². The molecule has 0 bridgehead atoms. The van der Waals surface area contributed by atoms with E-state index in [1.807, 2.05) is 18.0 Å². The van der Waals surface area contributed by atoms with Crippen LogP contribution in [0.15, 0.2) is 23.9 Å². The zero-order chi connectivity index (χ0) is 16.4. The molecule has 0 saturated carbocycles. The summed E-state index contributed by atoms with van der Waals surface area (Å²) in [5, 5.41) is 9.85. The fourth-order valence-corrected chi connectivity index (χ4v) is 2.85. The highest BCUT2D eigenvalue weighted by Crippen LogP contribution is 2.26. The number of halogens is 1. The van der Waals surface area contributed by atoms with Crippen molar-refractivity contribution in [2.75, 3.05) is 31.7 Å². The number of fused-ring (bicyclic) bond motifs is 1. The van der Waals surface area contributed by atoms with E-state index < -0.39 is 5.97 Å². The zero-order valence-corrected chi connectivity index (χ0v) is 13.5. The summed E-state index contributed by atoms with van der Waals surface area (Å²) in [7, 11) is 1.92. The molecule has 0 aliphatic carbocycles. The van der Waals surface area contributed by atoms with Gasteiger partial charge in [0.2, 0.25) is 5.28 Å². The maximum Gasteiger partial charge on any atom is 0.323 e. The minimum atomic E-state index is -0.934. The monoisotopic (exact) mass is 336 g/mol. The topological polar surface area (TPSA) is 80.5 Å². The second kappa shape index (κ2) is 6.55. The van der Waals surface area contributed by atoms with E-state index in [9.17, 15) is 4.79 Å². The Morgan fingerprint density at radius 1 is 1.52 bits per heavy atom. The maximum atomic E-state index is 10.9. The smallest absolute Gasteiger partial charge is 0.323 e. The van der Waals surface area contributed by atoms with Crippen LogP contribution in [0.3, 0.4) is 0 Å². The van der Waals surface area contributed by atoms with Gasteiger partial charge in [-0.2, -0.15) is 9.97 Å². The van der Waals surface area contributed by atoms with E-state index in [0.717, 1.165) is 18.4 Å². The van der Waals surface area contributed by atoms with Gasteiger partial charge in [-0.1, -0.05) is 6.08 Å². The van der Waals surface area contributed by atoms with Gasteiger partial charge in [0.05, 0.1) is 18.6 Å². The molecule has 1 N–H and O–H groups in total. The summed E-state index contributed by atoms with van der Waals surface area (Å²) in [4.78, 5) is 21.4. The molecule has 2 aromatic rings. The van der Waals surface area contributed by atoms with Crippen LogP contribution in [-0.4, -0.2) is 52.4 Å². The number of anilines is 1. The molecule has 122 valence electrons. The summed E-state index contributed by atoms with van der Waals surface area (Å²) in [6.07, 6.45) is 4.78. The van der Waals surface area contributed by atoms with Gasteiger partial charge < -0.3 is 19.3 Å². The minimum absolute atomic E-state index is 0.0959. The van der Waals surface area contributed by atoms with Crippen molar-refractivity contribution in [3.63, 3.8) is 0 Å². The number of aliphatic carboxylic acids is 1. The van der Waals surface area contributed by atoms with Crippen molar-refractivity contribution in [3.8, 4) is 0 Å². The fourth-order valence-electron chi connectivity index (χ4n) is 2.69. The van der Waals surface area contributed by atoms with Gasteiger partial charge >= 0.3 is 5.97 Å². The SMILES string of the molecule is CN(CC1=CCCOC1)c1nc(Cl)nc2c1ccn2CC(=O)O. The first-order valence-electron chi connectivity index (χ1n) is 7.25. The van der Waals surface area contributed by atoms with E-state index in [1.165, 1.54) is 5.57 Å². The molecular weight excluding hydrogens is 320 g/mol. The Hall–Kier alpha value is -2.12. The van der Waals surface area contributed by atoms with Crippen molar-refractivity contribution < 1.29 is 14.6 Å². The molecule has 1 aliphatic heterocycles. The maximum absolute atomic E-state index is 10.9. The number of rotatable bonds is 5. The molecule has 0 aromatic carbocycles. The first-order valence-corrected chi connectivity index (χ1v) is 7.63. The van der Waals surface area contributed by atoms with Crippen LogP contribution in [0.4, 0.5) is 5.82 Å². The van der Waals surface area contributed by atoms with E-state index in [1.54, 1.807) is 10.8 Å². The largest absolute Gasteiger partial charge is 0.480 e. The Morgan fingerprint density at radius 3 is 3.04 bits per heavy atom. The fraction of sp³-hybridized carbons (Fsp3) is 0.400. The normalized spacial score (nSPS) is 14.8. The molecule has 0 amide bonds. The predicted molar refractivity (Wildman–Crippen MR) is 87.0 cm³/mol. The highest BCUT2D eigenvalue weighted by molar-refractivity contribution is 6.28. The van der Waals surface area contributed by atoms with Gasteiger partial charge in [-0.3, -0.25) is 4.79 Å². The summed E-state index contributed by atoms with van der Waals surface area (Å²) < 4.78 is 7.00. The molecule has 0 unspecified atom stereocenters. The van der Waals surface area contributed by atoms with Gasteiger partial charge in [-0.05, 0) is 29.7 Å². The van der Waals surface area contributed by atoms with Gasteiger partial charge in [0, 0.05) is 19.8 Å². The number of carbonyl (C=O) groups is 1. The third-order valence-corrected chi connectivity index (χ3v) is 3.83. The molecule has 0 atom stereocenters. The molecule has 7 nitrogen and oxygen atoms in total. The van der Waals surface area contributed by atoms with Crippen molar-refractivity contribution in [1.29, 1.82) is 0 Å². The lowest BCUT2D eigenvalue weighted by Gasteiger charge is -2.22. The van der Waals surface area contributed by atoms with Crippen molar-refractivity contribution in [2.24, 2.45) is 0 Å². The number of ether oxygens (including phenoxy) is 1. The Balaban J connectivity index is 1.94. The average molecular weight is 337 g/mol. The molecule has 0 saturated heterocycles. The second-order valence-corrected chi connectivity index (χ2v) is 5.79. The van der Waals surface area contributed by atoms with E-state index in [0.29, 0.717) is 24.6 Å². The van der Waals surface area contributed by atoms with E-state index in [-0.39, 0.29) is 11.8 Å². The standard InChI is InChI=1S/C15H17ClN4O3/c1-19(7-10-3-2-6-23-9-10)13-11-4-5-20(8-12(21)22)14(11)18-15(16)17-13/h3-5H,2,6-9H2,1H3,(H,21,22). The van der Waals surface area contributed by atoms with Crippen LogP contribution in [0.1, 0.15) is 6.42 Å². The molecular formula is C15H17ClN4O3. The number of likely N-dealkylation sites (N-methyl/N-ethyl adjacent to an activating group) is 1. The number of carboxylic acids is 1. The van der Waals surface area contributed by atoms with Crippen LogP contribution < -0.4 is 4.90 Å². The summed E-state index contributed by atoms with van der Waals surface area (Å²) in [6.45, 7) is 1.88. The first kappa shape index (κ1) is 15.8. The van der Waals surface area contributed by atoms with E-state index >= 15 is 0 Å². The molecule has 3 rings (SSSR count). The molecule has 8 heteroatoms. The quantitative estimate of drug-likeness (QED) is 0.664. The summed E-state index contributed by atoms with van der Waals surface area (Å²) in [6, 6.07) is 1.81. The van der Waals surface area contributed by atoms with Crippen LogP contribution >= 0.6 is 11.6 Å². The third kappa shape index (κ3) is 3.46. The lowest BCUT2D eigenvalue weighted by Crippen LogP contribution is -2.25. The molecule has 2 aromatic heterocycles. The van der Waals surface area contributed by atoms with E-state index in [4.69, 9.17) is 21.4 Å². The zero-order valence-electron chi connectivity index (χ0n) is 12.7. The average Bonchev–Trinajstić information content (AvgIpc) is 2.89. The van der Waals surface area contributed by atoms with Gasteiger partial charge in [-0.15, -0.1) is 0 Å². The summed E-state index contributed by atoms with van der Waals surface area (Å²) in [5.74, 6) is -0.257. The summed E-state index contributed by atoms with van der Waals surface area (Å²) in [5.41, 5.74) is 1.70. The number of aromatic nitrogens is 3. The predicted octanol–water partition coefficient (Wildman–Crippen LogP) is 1.95. The minimum Gasteiger partial charge on any atom is -0.480 e. The van der Waals surface area contributed by atoms with E-state index in [2.05, 4.69) is 16.0 Å². The Kier molecular flexibility index (Phi) is 4.49. The Labute approximate surface area is 138 Å². The Bertz CT molecular complexity index is 771. The Morgan fingerprint density at radius 2 is 2.35 bits per heavy atom. The number of hydrogen-bond donors (Lipinski definition) is 1. The third-order valence-electron chi connectivity index (χ3n) is 3.66.